The van der Waals surface area contributed by atoms with E-state index in [9.17, 15) is 0 Å². The zero-order valence-electron chi connectivity index (χ0n) is 10.5. The fraction of sp³-hybridized carbons (Fsp3) is 0.600. The maximum absolute atomic E-state index is 6.45. The van der Waals surface area contributed by atoms with Crippen LogP contribution in [0.3, 0.4) is 0 Å². The van der Waals surface area contributed by atoms with Crippen LogP contribution < -0.4 is 5.73 Å². The highest BCUT2D eigenvalue weighted by atomic mass is 35.5. The Morgan fingerprint density at radius 1 is 1.35 bits per heavy atom. The SMILES string of the molecule is CCC1CCCCC1C(N)c1cccc(Cl)c1. The van der Waals surface area contributed by atoms with E-state index in [4.69, 9.17) is 17.3 Å². The fourth-order valence-electron chi connectivity index (χ4n) is 3.18. The molecule has 0 saturated heterocycles. The molecule has 0 amide bonds. The minimum atomic E-state index is 0.152. The molecular formula is C15H22ClN. The van der Waals surface area contributed by atoms with E-state index in [1.165, 1.54) is 37.7 Å². The lowest BCUT2D eigenvalue weighted by Crippen LogP contribution is -2.30. The van der Waals surface area contributed by atoms with Crippen LogP contribution in [0.15, 0.2) is 24.3 Å². The summed E-state index contributed by atoms with van der Waals surface area (Å²) in [5.41, 5.74) is 7.64. The monoisotopic (exact) mass is 251 g/mol. The lowest BCUT2D eigenvalue weighted by molar-refractivity contribution is 0.196. The van der Waals surface area contributed by atoms with E-state index in [0.717, 1.165) is 10.9 Å². The van der Waals surface area contributed by atoms with Crippen molar-refractivity contribution in [1.82, 2.24) is 0 Å². The first-order chi connectivity index (χ1) is 8.22. The van der Waals surface area contributed by atoms with Crippen molar-refractivity contribution >= 4 is 11.6 Å². The van der Waals surface area contributed by atoms with Crippen molar-refractivity contribution in [2.75, 3.05) is 0 Å². The highest BCUT2D eigenvalue weighted by Crippen LogP contribution is 2.39. The van der Waals surface area contributed by atoms with Gasteiger partial charge in [-0.25, -0.2) is 0 Å². The molecule has 2 rings (SSSR count). The predicted molar refractivity (Wildman–Crippen MR) is 74.1 cm³/mol. The van der Waals surface area contributed by atoms with Gasteiger partial charge >= 0.3 is 0 Å². The Morgan fingerprint density at radius 3 is 2.82 bits per heavy atom. The smallest absolute Gasteiger partial charge is 0.0409 e. The van der Waals surface area contributed by atoms with Gasteiger partial charge in [0, 0.05) is 11.1 Å². The first-order valence-corrected chi connectivity index (χ1v) is 7.11. The largest absolute Gasteiger partial charge is 0.324 e. The standard InChI is InChI=1S/C15H22ClN/c1-2-11-6-3-4-9-14(11)15(17)12-7-5-8-13(16)10-12/h5,7-8,10-11,14-15H,2-4,6,9,17H2,1H3. The Labute approximate surface area is 109 Å². The third kappa shape index (κ3) is 3.02. The minimum Gasteiger partial charge on any atom is -0.324 e. The van der Waals surface area contributed by atoms with Gasteiger partial charge in [-0.3, -0.25) is 0 Å². The van der Waals surface area contributed by atoms with Gasteiger partial charge in [0.2, 0.25) is 0 Å². The third-order valence-electron chi connectivity index (χ3n) is 4.19. The average molecular weight is 252 g/mol. The Bertz CT molecular complexity index is 364. The van der Waals surface area contributed by atoms with Crippen molar-refractivity contribution in [3.05, 3.63) is 34.9 Å². The van der Waals surface area contributed by atoms with Crippen LogP contribution in [-0.2, 0) is 0 Å². The summed E-state index contributed by atoms with van der Waals surface area (Å²) in [6.45, 7) is 2.29. The molecule has 2 N–H and O–H groups in total. The van der Waals surface area contributed by atoms with Crippen LogP contribution in [0.4, 0.5) is 0 Å². The Morgan fingerprint density at radius 2 is 2.12 bits per heavy atom. The fourth-order valence-corrected chi connectivity index (χ4v) is 3.38. The molecule has 0 aromatic heterocycles. The van der Waals surface area contributed by atoms with E-state index >= 15 is 0 Å². The normalized spacial score (nSPS) is 26.8. The van der Waals surface area contributed by atoms with Gasteiger partial charge in [0.1, 0.15) is 0 Å². The highest BCUT2D eigenvalue weighted by molar-refractivity contribution is 6.30. The van der Waals surface area contributed by atoms with Crippen molar-refractivity contribution in [3.8, 4) is 0 Å². The summed E-state index contributed by atoms with van der Waals surface area (Å²) in [6, 6.07) is 8.20. The van der Waals surface area contributed by atoms with Crippen molar-refractivity contribution in [2.45, 2.75) is 45.1 Å². The van der Waals surface area contributed by atoms with E-state index in [1.54, 1.807) is 0 Å². The molecule has 17 heavy (non-hydrogen) atoms. The second-order valence-electron chi connectivity index (χ2n) is 5.20. The highest BCUT2D eigenvalue weighted by Gasteiger charge is 2.29. The van der Waals surface area contributed by atoms with Crippen LogP contribution in [0.25, 0.3) is 0 Å². The lowest BCUT2D eigenvalue weighted by Gasteiger charge is -2.35. The van der Waals surface area contributed by atoms with E-state index in [1.807, 2.05) is 18.2 Å². The van der Waals surface area contributed by atoms with Gasteiger partial charge in [-0.1, -0.05) is 56.3 Å². The van der Waals surface area contributed by atoms with Crippen LogP contribution in [0.5, 0.6) is 0 Å². The Balaban J connectivity index is 2.15. The van der Waals surface area contributed by atoms with Crippen LogP contribution in [0.2, 0.25) is 5.02 Å². The molecule has 1 fully saturated rings. The van der Waals surface area contributed by atoms with Crippen LogP contribution in [-0.4, -0.2) is 0 Å². The number of halogens is 1. The molecular weight excluding hydrogens is 230 g/mol. The molecule has 0 spiro atoms. The molecule has 0 aliphatic heterocycles. The molecule has 1 aromatic rings. The molecule has 94 valence electrons. The van der Waals surface area contributed by atoms with Crippen LogP contribution in [0, 0.1) is 11.8 Å². The minimum absolute atomic E-state index is 0.152. The van der Waals surface area contributed by atoms with Gasteiger partial charge in [0.25, 0.3) is 0 Å². The second-order valence-corrected chi connectivity index (χ2v) is 5.63. The van der Waals surface area contributed by atoms with Gasteiger partial charge in [-0.2, -0.15) is 0 Å². The molecule has 0 bridgehead atoms. The number of rotatable bonds is 3. The summed E-state index contributed by atoms with van der Waals surface area (Å²) < 4.78 is 0. The Kier molecular flexibility index (Phi) is 4.47. The lowest BCUT2D eigenvalue weighted by atomic mass is 9.73. The first kappa shape index (κ1) is 12.9. The summed E-state index contributed by atoms with van der Waals surface area (Å²) in [6.07, 6.45) is 6.56. The van der Waals surface area contributed by atoms with Gasteiger partial charge in [-0.05, 0) is 36.0 Å². The number of hydrogen-bond acceptors (Lipinski definition) is 1. The van der Waals surface area contributed by atoms with E-state index in [-0.39, 0.29) is 6.04 Å². The number of benzene rings is 1. The zero-order chi connectivity index (χ0) is 12.3. The van der Waals surface area contributed by atoms with Gasteiger partial charge in [0.15, 0.2) is 0 Å². The maximum Gasteiger partial charge on any atom is 0.0409 e. The van der Waals surface area contributed by atoms with Gasteiger partial charge < -0.3 is 5.73 Å². The quantitative estimate of drug-likeness (QED) is 0.838. The van der Waals surface area contributed by atoms with Crippen molar-refractivity contribution in [2.24, 2.45) is 17.6 Å². The maximum atomic E-state index is 6.45. The molecule has 1 nitrogen and oxygen atoms in total. The van der Waals surface area contributed by atoms with Crippen LogP contribution in [0.1, 0.15) is 50.6 Å². The zero-order valence-corrected chi connectivity index (χ0v) is 11.3. The molecule has 0 heterocycles. The van der Waals surface area contributed by atoms with E-state index < -0.39 is 0 Å². The summed E-state index contributed by atoms with van der Waals surface area (Å²) in [5.74, 6) is 1.42. The topological polar surface area (TPSA) is 26.0 Å². The number of nitrogens with two attached hydrogens (primary N) is 1. The second kappa shape index (κ2) is 5.88. The summed E-state index contributed by atoms with van der Waals surface area (Å²) in [7, 11) is 0. The van der Waals surface area contributed by atoms with Crippen LogP contribution >= 0.6 is 11.6 Å². The molecule has 3 atom stereocenters. The Hall–Kier alpha value is -0.530. The predicted octanol–water partition coefficient (Wildman–Crippen LogP) is 4.56. The van der Waals surface area contributed by atoms with Gasteiger partial charge in [0.05, 0.1) is 0 Å². The molecule has 1 aliphatic rings. The third-order valence-corrected chi connectivity index (χ3v) is 4.42. The number of hydrogen-bond donors (Lipinski definition) is 1. The molecule has 1 aromatic carbocycles. The summed E-state index contributed by atoms with van der Waals surface area (Å²) >= 11 is 6.04. The van der Waals surface area contributed by atoms with E-state index in [2.05, 4.69) is 13.0 Å². The van der Waals surface area contributed by atoms with Crippen molar-refractivity contribution in [1.29, 1.82) is 0 Å². The molecule has 1 aliphatic carbocycles. The van der Waals surface area contributed by atoms with Crippen molar-refractivity contribution in [3.63, 3.8) is 0 Å². The molecule has 1 saturated carbocycles. The molecule has 2 heteroatoms. The summed E-state index contributed by atoms with van der Waals surface area (Å²) in [4.78, 5) is 0. The van der Waals surface area contributed by atoms with Crippen molar-refractivity contribution < 1.29 is 0 Å². The molecule has 3 unspecified atom stereocenters. The summed E-state index contributed by atoms with van der Waals surface area (Å²) in [5, 5.41) is 0.793. The van der Waals surface area contributed by atoms with Gasteiger partial charge in [-0.15, -0.1) is 0 Å². The first-order valence-electron chi connectivity index (χ1n) is 6.73. The van der Waals surface area contributed by atoms with E-state index in [0.29, 0.717) is 5.92 Å². The molecule has 0 radical (unpaired) electrons. The average Bonchev–Trinajstić information content (AvgIpc) is 2.38.